The average molecular weight is 355 g/mol. The minimum absolute atomic E-state index is 0.0399. The molecular formula is C22H42O3. The third-order valence-electron chi connectivity index (χ3n) is 4.48. The maximum Gasteiger partial charge on any atom is 0.305 e. The minimum Gasteiger partial charge on any atom is -0.465 e. The molecule has 0 aromatic carbocycles. The zero-order valence-corrected chi connectivity index (χ0v) is 16.8. The van der Waals surface area contributed by atoms with E-state index in [0.717, 1.165) is 12.8 Å². The topological polar surface area (TPSA) is 46.5 Å². The van der Waals surface area contributed by atoms with Crippen LogP contribution in [0.15, 0.2) is 12.2 Å². The molecule has 0 saturated carbocycles. The van der Waals surface area contributed by atoms with Crippen LogP contribution in [0, 0.1) is 5.92 Å². The molecule has 0 amide bonds. The predicted molar refractivity (Wildman–Crippen MR) is 107 cm³/mol. The number of hydrogen-bond donors (Lipinski definition) is 1. The SMILES string of the molecule is CCCCCCCC/C=C/CCCCCCCC(=O)OCC(C)CO. The number of carbonyl (C=O) groups excluding carboxylic acids is 1. The number of aliphatic hydroxyl groups is 1. The van der Waals surface area contributed by atoms with Gasteiger partial charge in [0.2, 0.25) is 0 Å². The average Bonchev–Trinajstić information content (AvgIpc) is 2.62. The Morgan fingerprint density at radius 2 is 1.40 bits per heavy atom. The van der Waals surface area contributed by atoms with E-state index in [9.17, 15) is 4.79 Å². The fourth-order valence-corrected chi connectivity index (χ4v) is 2.70. The third-order valence-corrected chi connectivity index (χ3v) is 4.48. The van der Waals surface area contributed by atoms with Crippen molar-refractivity contribution >= 4 is 5.97 Å². The van der Waals surface area contributed by atoms with E-state index in [0.29, 0.717) is 13.0 Å². The van der Waals surface area contributed by atoms with Gasteiger partial charge in [-0.1, -0.05) is 77.4 Å². The Labute approximate surface area is 156 Å². The van der Waals surface area contributed by atoms with E-state index in [1.807, 2.05) is 6.92 Å². The molecule has 0 aliphatic heterocycles. The number of hydrogen-bond acceptors (Lipinski definition) is 3. The molecule has 3 nitrogen and oxygen atoms in total. The van der Waals surface area contributed by atoms with Crippen LogP contribution in [-0.4, -0.2) is 24.3 Å². The van der Waals surface area contributed by atoms with Crippen molar-refractivity contribution in [1.82, 2.24) is 0 Å². The lowest BCUT2D eigenvalue weighted by Crippen LogP contribution is -2.14. The Morgan fingerprint density at radius 1 is 0.880 bits per heavy atom. The van der Waals surface area contributed by atoms with Gasteiger partial charge in [-0.05, 0) is 32.1 Å². The summed E-state index contributed by atoms with van der Waals surface area (Å²) < 4.78 is 5.11. The van der Waals surface area contributed by atoms with Crippen molar-refractivity contribution in [3.63, 3.8) is 0 Å². The molecule has 0 spiro atoms. The lowest BCUT2D eigenvalue weighted by atomic mass is 10.1. The molecule has 0 aliphatic rings. The highest BCUT2D eigenvalue weighted by Gasteiger charge is 2.06. The van der Waals surface area contributed by atoms with Gasteiger partial charge in [-0.3, -0.25) is 4.79 Å². The fraction of sp³-hybridized carbons (Fsp3) is 0.864. The first kappa shape index (κ1) is 24.2. The predicted octanol–water partition coefficient (Wildman–Crippen LogP) is 6.20. The summed E-state index contributed by atoms with van der Waals surface area (Å²) in [5, 5.41) is 8.87. The van der Waals surface area contributed by atoms with E-state index >= 15 is 0 Å². The molecule has 0 bridgehead atoms. The summed E-state index contributed by atoms with van der Waals surface area (Å²) in [6, 6.07) is 0. The Kier molecular flexibility index (Phi) is 18.8. The molecule has 0 aliphatic carbocycles. The molecule has 0 radical (unpaired) electrons. The highest BCUT2D eigenvalue weighted by molar-refractivity contribution is 5.69. The molecule has 0 aromatic heterocycles. The molecule has 25 heavy (non-hydrogen) atoms. The van der Waals surface area contributed by atoms with Crippen LogP contribution in [0.4, 0.5) is 0 Å². The van der Waals surface area contributed by atoms with Crippen molar-refractivity contribution in [2.45, 2.75) is 104 Å². The minimum atomic E-state index is -0.127. The summed E-state index contributed by atoms with van der Waals surface area (Å²) in [5.41, 5.74) is 0. The van der Waals surface area contributed by atoms with E-state index in [-0.39, 0.29) is 18.5 Å². The van der Waals surface area contributed by atoms with Gasteiger partial charge in [0, 0.05) is 18.9 Å². The quantitative estimate of drug-likeness (QED) is 0.181. The first-order chi connectivity index (χ1) is 12.2. The molecule has 0 heterocycles. The lowest BCUT2D eigenvalue weighted by Gasteiger charge is -2.08. The van der Waals surface area contributed by atoms with Crippen LogP contribution in [0.3, 0.4) is 0 Å². The van der Waals surface area contributed by atoms with Gasteiger partial charge in [0.25, 0.3) is 0 Å². The van der Waals surface area contributed by atoms with E-state index in [1.165, 1.54) is 70.6 Å². The van der Waals surface area contributed by atoms with Gasteiger partial charge in [0.05, 0.1) is 6.61 Å². The zero-order valence-electron chi connectivity index (χ0n) is 16.8. The summed E-state index contributed by atoms with van der Waals surface area (Å²) in [5.74, 6) is -0.0870. The first-order valence-corrected chi connectivity index (χ1v) is 10.6. The summed E-state index contributed by atoms with van der Waals surface area (Å²) >= 11 is 0. The standard InChI is InChI=1S/C22H42O3/c1-3-4-5-6-7-8-9-10-11-12-13-14-15-16-17-18-22(24)25-20-21(2)19-23/h10-11,21,23H,3-9,12-20H2,1-2H3/b11-10+. The highest BCUT2D eigenvalue weighted by Crippen LogP contribution is 2.10. The number of carbonyl (C=O) groups is 1. The van der Waals surface area contributed by atoms with Gasteiger partial charge in [-0.25, -0.2) is 0 Å². The van der Waals surface area contributed by atoms with Crippen molar-refractivity contribution in [2.24, 2.45) is 5.92 Å². The molecule has 0 saturated heterocycles. The smallest absolute Gasteiger partial charge is 0.305 e. The molecule has 1 N–H and O–H groups in total. The number of rotatable bonds is 18. The number of aliphatic hydroxyl groups excluding tert-OH is 1. The molecule has 148 valence electrons. The van der Waals surface area contributed by atoms with E-state index in [1.54, 1.807) is 0 Å². The van der Waals surface area contributed by atoms with E-state index in [4.69, 9.17) is 9.84 Å². The largest absolute Gasteiger partial charge is 0.465 e. The fourth-order valence-electron chi connectivity index (χ4n) is 2.70. The molecule has 3 heteroatoms. The molecule has 0 aromatic rings. The maximum atomic E-state index is 11.5. The van der Waals surface area contributed by atoms with Crippen molar-refractivity contribution in [3.8, 4) is 0 Å². The van der Waals surface area contributed by atoms with Crippen LogP contribution in [0.1, 0.15) is 104 Å². The Morgan fingerprint density at radius 3 is 1.96 bits per heavy atom. The van der Waals surface area contributed by atoms with Crippen LogP contribution < -0.4 is 0 Å². The van der Waals surface area contributed by atoms with Crippen molar-refractivity contribution in [3.05, 3.63) is 12.2 Å². The second kappa shape index (κ2) is 19.5. The molecule has 1 atom stereocenters. The van der Waals surface area contributed by atoms with Gasteiger partial charge in [-0.15, -0.1) is 0 Å². The van der Waals surface area contributed by atoms with Crippen molar-refractivity contribution < 1.29 is 14.6 Å². The summed E-state index contributed by atoms with van der Waals surface area (Å²) in [6.07, 6.45) is 21.6. The van der Waals surface area contributed by atoms with Crippen LogP contribution in [0.5, 0.6) is 0 Å². The number of esters is 1. The highest BCUT2D eigenvalue weighted by atomic mass is 16.5. The normalized spacial score (nSPS) is 12.6. The third kappa shape index (κ3) is 19.3. The van der Waals surface area contributed by atoms with Crippen molar-refractivity contribution in [2.75, 3.05) is 13.2 Å². The van der Waals surface area contributed by atoms with Crippen molar-refractivity contribution in [1.29, 1.82) is 0 Å². The number of allylic oxidation sites excluding steroid dienone is 2. The van der Waals surface area contributed by atoms with Gasteiger partial charge < -0.3 is 9.84 Å². The van der Waals surface area contributed by atoms with Gasteiger partial charge in [0.15, 0.2) is 0 Å². The monoisotopic (exact) mass is 354 g/mol. The summed E-state index contributed by atoms with van der Waals surface area (Å²) in [4.78, 5) is 11.5. The van der Waals surface area contributed by atoms with Crippen LogP contribution in [-0.2, 0) is 9.53 Å². The van der Waals surface area contributed by atoms with Gasteiger partial charge >= 0.3 is 5.97 Å². The molecule has 0 rings (SSSR count). The molecule has 1 unspecified atom stereocenters. The summed E-state index contributed by atoms with van der Waals surface area (Å²) in [6.45, 7) is 4.54. The number of ether oxygens (including phenoxy) is 1. The molecule has 0 fully saturated rings. The second-order valence-electron chi connectivity index (χ2n) is 7.31. The van der Waals surface area contributed by atoms with Crippen LogP contribution >= 0.6 is 0 Å². The van der Waals surface area contributed by atoms with Crippen LogP contribution in [0.25, 0.3) is 0 Å². The maximum absolute atomic E-state index is 11.5. The van der Waals surface area contributed by atoms with E-state index in [2.05, 4.69) is 19.1 Å². The Balaban J connectivity index is 3.22. The zero-order chi connectivity index (χ0) is 18.6. The van der Waals surface area contributed by atoms with E-state index < -0.39 is 0 Å². The van der Waals surface area contributed by atoms with Gasteiger partial charge in [0.1, 0.15) is 0 Å². The lowest BCUT2D eigenvalue weighted by molar-refractivity contribution is -0.145. The van der Waals surface area contributed by atoms with Gasteiger partial charge in [-0.2, -0.15) is 0 Å². The molecular weight excluding hydrogens is 312 g/mol. The number of unbranched alkanes of at least 4 members (excludes halogenated alkanes) is 11. The first-order valence-electron chi connectivity index (χ1n) is 10.6. The van der Waals surface area contributed by atoms with Crippen LogP contribution in [0.2, 0.25) is 0 Å². The second-order valence-corrected chi connectivity index (χ2v) is 7.31. The Bertz CT molecular complexity index is 312. The Hall–Kier alpha value is -0.830. The summed E-state index contributed by atoms with van der Waals surface area (Å²) in [7, 11) is 0.